The quantitative estimate of drug-likeness (QED) is 0.629. The minimum Gasteiger partial charge on any atom is -0.493 e. The molecule has 2 aromatic rings. The molecule has 0 spiro atoms. The van der Waals surface area contributed by atoms with Crippen LogP contribution in [0.5, 0.6) is 11.5 Å². The van der Waals surface area contributed by atoms with Crippen molar-refractivity contribution in [3.05, 3.63) is 53.8 Å². The molecule has 2 unspecified atom stereocenters. The molecule has 2 aromatic carbocycles. The van der Waals surface area contributed by atoms with Gasteiger partial charge in [0.1, 0.15) is 5.82 Å². The molecular formula is C23H25FN2O6. The van der Waals surface area contributed by atoms with Gasteiger partial charge in [0, 0.05) is 24.7 Å². The first-order valence-corrected chi connectivity index (χ1v) is 10.0. The van der Waals surface area contributed by atoms with Gasteiger partial charge in [-0.05, 0) is 29.8 Å². The third kappa shape index (κ3) is 5.16. The lowest BCUT2D eigenvalue weighted by atomic mass is 10.0. The molecule has 2 atom stereocenters. The number of esters is 1. The van der Waals surface area contributed by atoms with Crippen molar-refractivity contribution in [1.29, 1.82) is 0 Å². The smallest absolute Gasteiger partial charge is 0.307 e. The van der Waals surface area contributed by atoms with Crippen LogP contribution >= 0.6 is 0 Å². The van der Waals surface area contributed by atoms with Crippen LogP contribution in [0.3, 0.4) is 0 Å². The van der Waals surface area contributed by atoms with E-state index in [-0.39, 0.29) is 31.2 Å². The Balaban J connectivity index is 1.74. The maximum atomic E-state index is 13.3. The number of nitrogens with one attached hydrogen (secondary N) is 1. The highest BCUT2D eigenvalue weighted by atomic mass is 19.1. The number of nitrogens with zero attached hydrogens (tertiary/aromatic N) is 1. The highest BCUT2D eigenvalue weighted by molar-refractivity contribution is 6.00. The summed E-state index contributed by atoms with van der Waals surface area (Å²) >= 11 is 0. The number of halogens is 1. The first-order valence-electron chi connectivity index (χ1n) is 10.0. The van der Waals surface area contributed by atoms with E-state index in [0.717, 1.165) is 0 Å². The highest BCUT2D eigenvalue weighted by Gasteiger charge is 2.36. The van der Waals surface area contributed by atoms with Crippen LogP contribution < -0.4 is 19.7 Å². The summed E-state index contributed by atoms with van der Waals surface area (Å²) in [6, 6.07) is 9.88. The average molecular weight is 444 g/mol. The van der Waals surface area contributed by atoms with Gasteiger partial charge in [0.15, 0.2) is 11.5 Å². The number of benzene rings is 2. The Kier molecular flexibility index (Phi) is 7.29. The Morgan fingerprint density at radius 1 is 1.09 bits per heavy atom. The van der Waals surface area contributed by atoms with Crippen molar-refractivity contribution in [3.63, 3.8) is 0 Å². The maximum Gasteiger partial charge on any atom is 0.307 e. The molecule has 1 aliphatic heterocycles. The Hall–Kier alpha value is -3.62. The number of hydrogen-bond donors (Lipinski definition) is 1. The topological polar surface area (TPSA) is 94.2 Å². The predicted molar refractivity (Wildman–Crippen MR) is 114 cm³/mol. The molecule has 1 N–H and O–H groups in total. The number of carbonyl (C=O) groups excluding carboxylic acids is 3. The number of hydrogen-bond acceptors (Lipinski definition) is 6. The lowest BCUT2D eigenvalue weighted by Crippen LogP contribution is -2.36. The summed E-state index contributed by atoms with van der Waals surface area (Å²) < 4.78 is 28.5. The van der Waals surface area contributed by atoms with Crippen LogP contribution in [-0.4, -0.2) is 45.7 Å². The maximum absolute atomic E-state index is 13.3. The lowest BCUT2D eigenvalue weighted by Gasteiger charge is -2.21. The van der Waals surface area contributed by atoms with E-state index in [1.54, 1.807) is 18.2 Å². The summed E-state index contributed by atoms with van der Waals surface area (Å²) in [5.74, 6) is -1.14. The summed E-state index contributed by atoms with van der Waals surface area (Å²) in [7, 11) is 4.27. The summed E-state index contributed by atoms with van der Waals surface area (Å²) in [5.41, 5.74) is 1.15. The van der Waals surface area contributed by atoms with Crippen molar-refractivity contribution in [2.75, 3.05) is 32.8 Å². The normalized spacial score (nSPS) is 16.4. The molecule has 1 heterocycles. The SMILES string of the molecule is COC(=O)CC(NC(=O)C1CC(=O)N(c2ccc(OC)c(OC)c2)C1)c1ccc(F)cc1. The van der Waals surface area contributed by atoms with Gasteiger partial charge < -0.3 is 24.4 Å². The average Bonchev–Trinajstić information content (AvgIpc) is 3.20. The molecule has 170 valence electrons. The zero-order chi connectivity index (χ0) is 23.3. The number of amides is 2. The van der Waals surface area contributed by atoms with Gasteiger partial charge in [-0.15, -0.1) is 0 Å². The van der Waals surface area contributed by atoms with Crippen LogP contribution in [0.15, 0.2) is 42.5 Å². The van der Waals surface area contributed by atoms with E-state index in [1.165, 1.54) is 50.5 Å². The fourth-order valence-electron chi connectivity index (χ4n) is 3.61. The fraction of sp³-hybridized carbons (Fsp3) is 0.348. The van der Waals surface area contributed by atoms with Gasteiger partial charge in [-0.25, -0.2) is 4.39 Å². The van der Waals surface area contributed by atoms with Gasteiger partial charge in [0.2, 0.25) is 11.8 Å². The number of ether oxygens (including phenoxy) is 3. The van der Waals surface area contributed by atoms with Crippen LogP contribution in [0.4, 0.5) is 10.1 Å². The van der Waals surface area contributed by atoms with Crippen molar-refractivity contribution < 1.29 is 33.0 Å². The first kappa shape index (κ1) is 23.1. The number of carbonyl (C=O) groups is 3. The highest BCUT2D eigenvalue weighted by Crippen LogP contribution is 2.34. The molecule has 9 heteroatoms. The minimum atomic E-state index is -0.708. The first-order chi connectivity index (χ1) is 15.4. The van der Waals surface area contributed by atoms with Crippen LogP contribution in [0, 0.1) is 11.7 Å². The van der Waals surface area contributed by atoms with Crippen molar-refractivity contribution in [1.82, 2.24) is 5.32 Å². The molecule has 1 fully saturated rings. The third-order valence-corrected chi connectivity index (χ3v) is 5.36. The van der Waals surface area contributed by atoms with Crippen molar-refractivity contribution >= 4 is 23.5 Å². The third-order valence-electron chi connectivity index (χ3n) is 5.36. The standard InChI is InChI=1S/C23H25FN2O6/c1-30-19-9-8-17(11-20(19)31-2)26-13-15(10-21(26)27)23(29)25-18(12-22(28)32-3)14-4-6-16(24)7-5-14/h4-9,11,15,18H,10,12-13H2,1-3H3,(H,25,29). The molecule has 3 rings (SSSR count). The predicted octanol–water partition coefficient (Wildman–Crippen LogP) is 2.62. The summed E-state index contributed by atoms with van der Waals surface area (Å²) in [6.07, 6.45) is -0.0948. The van der Waals surface area contributed by atoms with Crippen LogP contribution in [0.1, 0.15) is 24.4 Å². The van der Waals surface area contributed by atoms with Gasteiger partial charge in [-0.2, -0.15) is 0 Å². The Labute approximate surface area is 185 Å². The zero-order valence-electron chi connectivity index (χ0n) is 18.1. The molecule has 2 amide bonds. The number of rotatable bonds is 8. The minimum absolute atomic E-state index is 0.0224. The molecule has 32 heavy (non-hydrogen) atoms. The molecule has 0 aliphatic carbocycles. The molecule has 1 aliphatic rings. The second-order valence-electron chi connectivity index (χ2n) is 7.34. The van der Waals surface area contributed by atoms with Crippen molar-refractivity contribution in [2.24, 2.45) is 5.92 Å². The van der Waals surface area contributed by atoms with E-state index in [9.17, 15) is 18.8 Å². The van der Waals surface area contributed by atoms with Gasteiger partial charge in [0.25, 0.3) is 0 Å². The summed E-state index contributed by atoms with van der Waals surface area (Å²) in [5, 5.41) is 2.81. The Morgan fingerprint density at radius 3 is 2.41 bits per heavy atom. The Bertz CT molecular complexity index is 994. The van der Waals surface area contributed by atoms with Crippen LogP contribution in [0.2, 0.25) is 0 Å². The molecule has 0 saturated carbocycles. The van der Waals surface area contributed by atoms with Crippen molar-refractivity contribution in [2.45, 2.75) is 18.9 Å². The molecular weight excluding hydrogens is 419 g/mol. The van der Waals surface area contributed by atoms with E-state index >= 15 is 0 Å². The van der Waals surface area contributed by atoms with Gasteiger partial charge in [-0.1, -0.05) is 12.1 Å². The fourth-order valence-corrected chi connectivity index (χ4v) is 3.61. The van der Waals surface area contributed by atoms with Crippen molar-refractivity contribution in [3.8, 4) is 11.5 Å². The van der Waals surface area contributed by atoms with E-state index in [0.29, 0.717) is 22.7 Å². The van der Waals surface area contributed by atoms with Crippen LogP contribution in [0.25, 0.3) is 0 Å². The molecule has 0 bridgehead atoms. The van der Waals surface area contributed by atoms with Gasteiger partial charge in [-0.3, -0.25) is 14.4 Å². The van der Waals surface area contributed by atoms with Gasteiger partial charge in [0.05, 0.1) is 39.7 Å². The Morgan fingerprint density at radius 2 is 1.78 bits per heavy atom. The largest absolute Gasteiger partial charge is 0.493 e. The molecule has 0 radical (unpaired) electrons. The van der Waals surface area contributed by atoms with E-state index in [4.69, 9.17) is 14.2 Å². The number of anilines is 1. The van der Waals surface area contributed by atoms with E-state index in [2.05, 4.69) is 5.32 Å². The van der Waals surface area contributed by atoms with Gasteiger partial charge >= 0.3 is 5.97 Å². The van der Waals surface area contributed by atoms with Crippen LogP contribution in [-0.2, 0) is 19.1 Å². The monoisotopic (exact) mass is 444 g/mol. The number of methoxy groups -OCH3 is 3. The molecule has 8 nitrogen and oxygen atoms in total. The molecule has 0 aromatic heterocycles. The van der Waals surface area contributed by atoms with E-state index < -0.39 is 23.7 Å². The second kappa shape index (κ2) is 10.1. The van der Waals surface area contributed by atoms with E-state index in [1.807, 2.05) is 0 Å². The summed E-state index contributed by atoms with van der Waals surface area (Å²) in [4.78, 5) is 38.9. The lowest BCUT2D eigenvalue weighted by molar-refractivity contribution is -0.141. The second-order valence-corrected chi connectivity index (χ2v) is 7.34. The zero-order valence-corrected chi connectivity index (χ0v) is 18.1. The molecule has 1 saturated heterocycles. The summed E-state index contributed by atoms with van der Waals surface area (Å²) in [6.45, 7) is 0.175.